The average molecular weight is 383 g/mol. The molecule has 138 valence electrons. The topological polar surface area (TPSA) is 82.8 Å². The summed E-state index contributed by atoms with van der Waals surface area (Å²) < 4.78 is 65.1. The fraction of sp³-hybridized carbons (Fsp3) is 0.294. The maximum atomic E-state index is 13.4. The Morgan fingerprint density at radius 2 is 1.92 bits per heavy atom. The van der Waals surface area contributed by atoms with Crippen LogP contribution >= 0.6 is 0 Å². The van der Waals surface area contributed by atoms with Crippen LogP contribution in [0.1, 0.15) is 29.7 Å². The van der Waals surface area contributed by atoms with Crippen molar-refractivity contribution in [3.63, 3.8) is 0 Å². The Labute approximate surface area is 149 Å². The van der Waals surface area contributed by atoms with Gasteiger partial charge in [0.05, 0.1) is 17.4 Å². The number of nitriles is 1. The number of pyridine rings is 1. The average Bonchev–Trinajstić information content (AvgIpc) is 2.59. The molecule has 0 saturated carbocycles. The Hall–Kier alpha value is -2.44. The highest BCUT2D eigenvalue weighted by Crippen LogP contribution is 2.34. The van der Waals surface area contributed by atoms with Crippen LogP contribution in [0.5, 0.6) is 0 Å². The summed E-state index contributed by atoms with van der Waals surface area (Å²) in [6.45, 7) is 2.97. The molecule has 0 spiro atoms. The maximum absolute atomic E-state index is 13.4. The van der Waals surface area contributed by atoms with Crippen molar-refractivity contribution in [2.45, 2.75) is 26.1 Å². The van der Waals surface area contributed by atoms with E-state index in [1.54, 1.807) is 29.8 Å². The van der Waals surface area contributed by atoms with Gasteiger partial charge < -0.3 is 0 Å². The lowest BCUT2D eigenvalue weighted by Crippen LogP contribution is -2.38. The lowest BCUT2D eigenvalue weighted by Gasteiger charge is -2.22. The molecule has 0 amide bonds. The monoisotopic (exact) mass is 383 g/mol. The molecular weight excluding hydrogens is 367 g/mol. The standard InChI is InChI=1S/C17H16F3N3O2S/c1-3-26(24,25)23-16(17(18,19)20)15-7-14(9-22-10-15)12-4-5-13(8-21)11(2)6-12/h4-7,9-10,16,23H,3H2,1-2H3. The normalized spacial score (nSPS) is 13.2. The van der Waals surface area contributed by atoms with Gasteiger partial charge in [-0.1, -0.05) is 12.1 Å². The lowest BCUT2D eigenvalue weighted by atomic mass is 9.99. The van der Waals surface area contributed by atoms with Crippen molar-refractivity contribution in [1.29, 1.82) is 5.26 Å². The van der Waals surface area contributed by atoms with Crippen molar-refractivity contribution in [3.8, 4) is 17.2 Å². The second kappa shape index (κ2) is 7.43. The summed E-state index contributed by atoms with van der Waals surface area (Å²) >= 11 is 0. The van der Waals surface area contributed by atoms with Crippen LogP contribution in [0.4, 0.5) is 13.2 Å². The summed E-state index contributed by atoms with van der Waals surface area (Å²) in [6, 6.07) is 5.70. The number of hydrogen-bond donors (Lipinski definition) is 1. The zero-order valence-corrected chi connectivity index (χ0v) is 14.8. The summed E-state index contributed by atoms with van der Waals surface area (Å²) in [5.74, 6) is -0.471. The fourth-order valence-electron chi connectivity index (χ4n) is 2.33. The molecule has 0 saturated heterocycles. The number of hydrogen-bond acceptors (Lipinski definition) is 4. The summed E-state index contributed by atoms with van der Waals surface area (Å²) in [6.07, 6.45) is -2.45. The van der Waals surface area contributed by atoms with Crippen LogP contribution in [0.3, 0.4) is 0 Å². The van der Waals surface area contributed by atoms with Gasteiger partial charge in [-0.3, -0.25) is 4.98 Å². The Balaban J connectivity index is 2.49. The van der Waals surface area contributed by atoms with Gasteiger partial charge in [0.1, 0.15) is 6.04 Å². The van der Waals surface area contributed by atoms with Crippen molar-refractivity contribution in [2.24, 2.45) is 0 Å². The van der Waals surface area contributed by atoms with Crippen molar-refractivity contribution >= 4 is 10.0 Å². The number of sulfonamides is 1. The van der Waals surface area contributed by atoms with Crippen LogP contribution < -0.4 is 4.72 Å². The third kappa shape index (κ3) is 4.59. The van der Waals surface area contributed by atoms with Crippen LogP contribution in [-0.4, -0.2) is 25.3 Å². The second-order valence-corrected chi connectivity index (χ2v) is 7.69. The summed E-state index contributed by atoms with van der Waals surface area (Å²) in [7, 11) is -4.08. The molecule has 1 N–H and O–H groups in total. The Morgan fingerprint density at radius 3 is 2.46 bits per heavy atom. The Bertz CT molecular complexity index is 950. The molecule has 5 nitrogen and oxygen atoms in total. The predicted molar refractivity (Wildman–Crippen MR) is 90.5 cm³/mol. The van der Waals surface area contributed by atoms with Crippen molar-refractivity contribution in [2.75, 3.05) is 5.75 Å². The summed E-state index contributed by atoms with van der Waals surface area (Å²) in [5, 5.41) is 8.97. The maximum Gasteiger partial charge on any atom is 0.408 e. The van der Waals surface area contributed by atoms with E-state index in [9.17, 15) is 21.6 Å². The lowest BCUT2D eigenvalue weighted by molar-refractivity contribution is -0.153. The summed E-state index contributed by atoms with van der Waals surface area (Å²) in [4.78, 5) is 3.82. The number of aryl methyl sites for hydroxylation is 1. The number of rotatable bonds is 5. The van der Waals surface area contributed by atoms with E-state index in [2.05, 4.69) is 4.98 Å². The second-order valence-electron chi connectivity index (χ2n) is 5.64. The SMILES string of the molecule is CCS(=O)(=O)NC(c1cncc(-c2ccc(C#N)c(C)c2)c1)C(F)(F)F. The zero-order valence-electron chi connectivity index (χ0n) is 14.0. The van der Waals surface area contributed by atoms with Gasteiger partial charge in [0.15, 0.2) is 0 Å². The first kappa shape index (κ1) is 19.9. The molecule has 0 fully saturated rings. The highest BCUT2D eigenvalue weighted by atomic mass is 32.2. The van der Waals surface area contributed by atoms with Crippen LogP contribution in [0.15, 0.2) is 36.7 Å². The molecule has 0 aliphatic carbocycles. The number of aromatic nitrogens is 1. The number of benzene rings is 1. The first-order valence-corrected chi connectivity index (χ1v) is 9.25. The van der Waals surface area contributed by atoms with Crippen LogP contribution in [-0.2, 0) is 10.0 Å². The van der Waals surface area contributed by atoms with Crippen molar-refractivity contribution < 1.29 is 21.6 Å². The molecule has 1 aromatic heterocycles. The van der Waals surface area contributed by atoms with E-state index in [0.29, 0.717) is 22.3 Å². The minimum Gasteiger partial charge on any atom is -0.264 e. The van der Waals surface area contributed by atoms with Crippen molar-refractivity contribution in [3.05, 3.63) is 53.3 Å². The Morgan fingerprint density at radius 1 is 1.23 bits per heavy atom. The molecule has 0 radical (unpaired) electrons. The molecule has 0 aliphatic heterocycles. The smallest absolute Gasteiger partial charge is 0.264 e. The number of alkyl halides is 3. The fourth-order valence-corrected chi connectivity index (χ4v) is 3.12. The minimum absolute atomic E-state index is 0.311. The third-order valence-corrected chi connectivity index (χ3v) is 5.13. The van der Waals surface area contributed by atoms with Gasteiger partial charge in [-0.15, -0.1) is 0 Å². The molecular formula is C17H16F3N3O2S. The number of nitrogens with zero attached hydrogens (tertiary/aromatic N) is 2. The van der Waals surface area contributed by atoms with Gasteiger partial charge >= 0.3 is 6.18 Å². The Kier molecular flexibility index (Phi) is 5.68. The molecule has 0 aliphatic rings. The molecule has 26 heavy (non-hydrogen) atoms. The predicted octanol–water partition coefficient (Wildman–Crippen LogP) is 3.47. The van der Waals surface area contributed by atoms with E-state index in [1.165, 1.54) is 19.2 Å². The van der Waals surface area contributed by atoms with E-state index in [0.717, 1.165) is 6.20 Å². The zero-order chi connectivity index (χ0) is 19.5. The highest BCUT2D eigenvalue weighted by molar-refractivity contribution is 7.89. The first-order valence-electron chi connectivity index (χ1n) is 7.60. The van der Waals surface area contributed by atoms with E-state index >= 15 is 0 Å². The van der Waals surface area contributed by atoms with E-state index < -0.39 is 28.0 Å². The molecule has 1 atom stereocenters. The number of halogens is 3. The third-order valence-electron chi connectivity index (χ3n) is 3.78. The van der Waals surface area contributed by atoms with Gasteiger partial charge in [-0.2, -0.15) is 23.2 Å². The molecule has 9 heteroatoms. The van der Waals surface area contributed by atoms with E-state index in [-0.39, 0.29) is 5.56 Å². The van der Waals surface area contributed by atoms with Crippen LogP contribution in [0, 0.1) is 18.3 Å². The van der Waals surface area contributed by atoms with Crippen LogP contribution in [0.2, 0.25) is 0 Å². The summed E-state index contributed by atoms with van der Waals surface area (Å²) in [5.41, 5.74) is 1.79. The van der Waals surface area contributed by atoms with Gasteiger partial charge in [0.2, 0.25) is 10.0 Å². The molecule has 2 aromatic rings. The highest BCUT2D eigenvalue weighted by Gasteiger charge is 2.43. The van der Waals surface area contributed by atoms with E-state index in [1.807, 2.05) is 6.07 Å². The molecule has 0 bridgehead atoms. The van der Waals surface area contributed by atoms with Gasteiger partial charge in [-0.25, -0.2) is 8.42 Å². The van der Waals surface area contributed by atoms with Crippen LogP contribution in [0.25, 0.3) is 11.1 Å². The molecule has 2 rings (SSSR count). The quantitative estimate of drug-likeness (QED) is 0.857. The largest absolute Gasteiger partial charge is 0.408 e. The molecule has 1 unspecified atom stereocenters. The first-order chi connectivity index (χ1) is 12.1. The van der Waals surface area contributed by atoms with Gasteiger partial charge in [0.25, 0.3) is 0 Å². The number of nitrogens with one attached hydrogen (secondary N) is 1. The molecule has 1 heterocycles. The molecule has 1 aromatic carbocycles. The van der Waals surface area contributed by atoms with Gasteiger partial charge in [-0.05, 0) is 42.7 Å². The van der Waals surface area contributed by atoms with Gasteiger partial charge in [0, 0.05) is 18.0 Å². The minimum atomic E-state index is -4.82. The van der Waals surface area contributed by atoms with Crippen molar-refractivity contribution in [1.82, 2.24) is 9.71 Å². The van der Waals surface area contributed by atoms with E-state index in [4.69, 9.17) is 5.26 Å².